The minimum Gasteiger partial charge on any atom is -0.481 e. The average Bonchev–Trinajstić information content (AvgIpc) is 2.76. The third kappa shape index (κ3) is 3.26. The second-order valence-electron chi connectivity index (χ2n) is 4.00. The Labute approximate surface area is 100.0 Å². The van der Waals surface area contributed by atoms with Gasteiger partial charge in [0.15, 0.2) is 5.82 Å². The van der Waals surface area contributed by atoms with Crippen LogP contribution in [0.2, 0.25) is 0 Å². The van der Waals surface area contributed by atoms with E-state index < -0.39 is 11.9 Å². The van der Waals surface area contributed by atoms with E-state index in [4.69, 9.17) is 14.4 Å². The summed E-state index contributed by atoms with van der Waals surface area (Å²) in [4.78, 5) is 15.0. The number of hydrogen-bond acceptors (Lipinski definition) is 5. The maximum absolute atomic E-state index is 10.8. The Morgan fingerprint density at radius 2 is 2.12 bits per heavy atom. The lowest BCUT2D eigenvalue weighted by atomic mass is 9.96. The molecule has 0 radical (unpaired) electrons. The number of carbonyl (C=O) groups is 1. The van der Waals surface area contributed by atoms with E-state index in [9.17, 15) is 4.79 Å². The van der Waals surface area contributed by atoms with Gasteiger partial charge in [0.05, 0.1) is 5.92 Å². The molecule has 1 N–H and O–H groups in total. The van der Waals surface area contributed by atoms with Gasteiger partial charge in [-0.1, -0.05) is 19.0 Å². The Morgan fingerprint density at radius 1 is 1.47 bits per heavy atom. The summed E-state index contributed by atoms with van der Waals surface area (Å²) in [5.41, 5.74) is 0. The second-order valence-corrected chi connectivity index (χ2v) is 4.00. The molecule has 6 nitrogen and oxygen atoms in total. The topological polar surface area (TPSA) is 85.5 Å². The molecule has 0 spiro atoms. The van der Waals surface area contributed by atoms with Crippen LogP contribution in [-0.4, -0.2) is 27.8 Å². The Bertz CT molecular complexity index is 377. The van der Waals surface area contributed by atoms with Crippen LogP contribution in [0.25, 0.3) is 0 Å². The standard InChI is InChI=1S/C11H18N2O4/c1-5-16-8(4)9-12-10(17-13-9)6(2)7(3)11(14)15/h6-8H,5H2,1-4H3,(H,14,15). The summed E-state index contributed by atoms with van der Waals surface area (Å²) in [5, 5.41) is 12.7. The minimum absolute atomic E-state index is 0.246. The van der Waals surface area contributed by atoms with Gasteiger partial charge in [-0.25, -0.2) is 0 Å². The van der Waals surface area contributed by atoms with Gasteiger partial charge in [-0.2, -0.15) is 4.98 Å². The van der Waals surface area contributed by atoms with Gasteiger partial charge in [0, 0.05) is 12.5 Å². The Balaban J connectivity index is 2.77. The maximum Gasteiger partial charge on any atom is 0.307 e. The summed E-state index contributed by atoms with van der Waals surface area (Å²) < 4.78 is 10.4. The van der Waals surface area contributed by atoms with Crippen molar-refractivity contribution in [1.29, 1.82) is 0 Å². The van der Waals surface area contributed by atoms with Crippen LogP contribution in [0.5, 0.6) is 0 Å². The zero-order valence-electron chi connectivity index (χ0n) is 10.5. The predicted molar refractivity (Wildman–Crippen MR) is 59.6 cm³/mol. The number of aliphatic carboxylic acids is 1. The van der Waals surface area contributed by atoms with E-state index in [-0.39, 0.29) is 12.0 Å². The van der Waals surface area contributed by atoms with Gasteiger partial charge in [0.25, 0.3) is 0 Å². The van der Waals surface area contributed by atoms with E-state index in [1.807, 2.05) is 13.8 Å². The molecular weight excluding hydrogens is 224 g/mol. The number of aromatic nitrogens is 2. The van der Waals surface area contributed by atoms with E-state index in [1.54, 1.807) is 13.8 Å². The highest BCUT2D eigenvalue weighted by Gasteiger charge is 2.26. The van der Waals surface area contributed by atoms with E-state index in [2.05, 4.69) is 10.1 Å². The van der Waals surface area contributed by atoms with E-state index in [1.165, 1.54) is 0 Å². The smallest absolute Gasteiger partial charge is 0.307 e. The monoisotopic (exact) mass is 242 g/mol. The molecule has 96 valence electrons. The molecule has 0 aliphatic heterocycles. The minimum atomic E-state index is -0.880. The largest absolute Gasteiger partial charge is 0.481 e. The lowest BCUT2D eigenvalue weighted by Crippen LogP contribution is -2.17. The molecule has 0 aromatic carbocycles. The summed E-state index contributed by atoms with van der Waals surface area (Å²) in [6, 6.07) is 0. The number of ether oxygens (including phenoxy) is 1. The van der Waals surface area contributed by atoms with Crippen LogP contribution in [0.3, 0.4) is 0 Å². The molecule has 1 aromatic heterocycles. The molecule has 0 fully saturated rings. The van der Waals surface area contributed by atoms with Crippen molar-refractivity contribution in [3.05, 3.63) is 11.7 Å². The summed E-state index contributed by atoms with van der Waals surface area (Å²) in [5.74, 6) is -0.976. The van der Waals surface area contributed by atoms with Crippen molar-refractivity contribution in [3.8, 4) is 0 Å². The van der Waals surface area contributed by atoms with Crippen LogP contribution >= 0.6 is 0 Å². The first-order valence-corrected chi connectivity index (χ1v) is 5.65. The van der Waals surface area contributed by atoms with Gasteiger partial charge in [-0.3, -0.25) is 4.79 Å². The van der Waals surface area contributed by atoms with Crippen molar-refractivity contribution in [2.45, 2.75) is 39.7 Å². The van der Waals surface area contributed by atoms with E-state index in [0.29, 0.717) is 18.3 Å². The quantitative estimate of drug-likeness (QED) is 0.821. The molecule has 6 heteroatoms. The highest BCUT2D eigenvalue weighted by molar-refractivity contribution is 5.70. The van der Waals surface area contributed by atoms with Gasteiger partial charge in [0.2, 0.25) is 5.89 Å². The van der Waals surface area contributed by atoms with Crippen molar-refractivity contribution in [2.75, 3.05) is 6.61 Å². The molecule has 1 aromatic rings. The molecule has 0 saturated heterocycles. The predicted octanol–water partition coefficient (Wildman–Crippen LogP) is 1.99. The first-order valence-electron chi connectivity index (χ1n) is 5.65. The average molecular weight is 242 g/mol. The zero-order chi connectivity index (χ0) is 13.0. The molecule has 1 heterocycles. The van der Waals surface area contributed by atoms with E-state index in [0.717, 1.165) is 0 Å². The molecule has 1 rings (SSSR count). The SMILES string of the molecule is CCOC(C)c1noc(C(C)C(C)C(=O)O)n1. The highest BCUT2D eigenvalue weighted by Crippen LogP contribution is 2.24. The molecule has 0 aliphatic rings. The first kappa shape index (κ1) is 13.6. The van der Waals surface area contributed by atoms with Crippen LogP contribution in [-0.2, 0) is 9.53 Å². The van der Waals surface area contributed by atoms with Crippen molar-refractivity contribution >= 4 is 5.97 Å². The van der Waals surface area contributed by atoms with Gasteiger partial charge >= 0.3 is 5.97 Å². The highest BCUT2D eigenvalue weighted by atomic mass is 16.5. The zero-order valence-corrected chi connectivity index (χ0v) is 10.5. The summed E-state index contributed by atoms with van der Waals surface area (Å²) >= 11 is 0. The van der Waals surface area contributed by atoms with Crippen LogP contribution in [0, 0.1) is 5.92 Å². The van der Waals surface area contributed by atoms with Crippen molar-refractivity contribution in [1.82, 2.24) is 10.1 Å². The number of hydrogen-bond donors (Lipinski definition) is 1. The van der Waals surface area contributed by atoms with Crippen LogP contribution in [0.1, 0.15) is 51.4 Å². The first-order chi connectivity index (χ1) is 7.97. The number of carboxylic acid groups (broad SMARTS) is 1. The molecule has 17 heavy (non-hydrogen) atoms. The number of rotatable bonds is 6. The Morgan fingerprint density at radius 3 is 2.65 bits per heavy atom. The lowest BCUT2D eigenvalue weighted by molar-refractivity contribution is -0.141. The third-order valence-electron chi connectivity index (χ3n) is 2.77. The summed E-state index contributed by atoms with van der Waals surface area (Å²) in [6.07, 6.45) is -0.246. The third-order valence-corrected chi connectivity index (χ3v) is 2.77. The fourth-order valence-corrected chi connectivity index (χ4v) is 1.35. The molecular formula is C11H18N2O4. The lowest BCUT2D eigenvalue weighted by Gasteiger charge is -2.10. The van der Waals surface area contributed by atoms with Crippen molar-refractivity contribution in [2.24, 2.45) is 5.92 Å². The Hall–Kier alpha value is -1.43. The van der Waals surface area contributed by atoms with Gasteiger partial charge < -0.3 is 14.4 Å². The maximum atomic E-state index is 10.8. The summed E-state index contributed by atoms with van der Waals surface area (Å²) in [7, 11) is 0. The number of nitrogens with zero attached hydrogens (tertiary/aromatic N) is 2. The van der Waals surface area contributed by atoms with Crippen molar-refractivity contribution < 1.29 is 19.2 Å². The fraction of sp³-hybridized carbons (Fsp3) is 0.727. The molecule has 0 aliphatic carbocycles. The Kier molecular flexibility index (Phi) is 4.62. The van der Waals surface area contributed by atoms with Crippen molar-refractivity contribution in [3.63, 3.8) is 0 Å². The normalized spacial score (nSPS) is 16.5. The van der Waals surface area contributed by atoms with Crippen LogP contribution < -0.4 is 0 Å². The molecule has 3 unspecified atom stereocenters. The second kappa shape index (κ2) is 5.77. The van der Waals surface area contributed by atoms with E-state index >= 15 is 0 Å². The molecule has 0 bridgehead atoms. The molecule has 3 atom stereocenters. The van der Waals surface area contributed by atoms with Gasteiger partial charge in [-0.15, -0.1) is 0 Å². The fourth-order valence-electron chi connectivity index (χ4n) is 1.35. The van der Waals surface area contributed by atoms with Crippen LogP contribution in [0.15, 0.2) is 4.52 Å². The molecule has 0 amide bonds. The van der Waals surface area contributed by atoms with Gasteiger partial charge in [-0.05, 0) is 13.8 Å². The van der Waals surface area contributed by atoms with Crippen LogP contribution in [0.4, 0.5) is 0 Å². The number of carboxylic acids is 1. The molecule has 0 saturated carbocycles. The summed E-state index contributed by atoms with van der Waals surface area (Å²) in [6.45, 7) is 7.63. The van der Waals surface area contributed by atoms with Gasteiger partial charge in [0.1, 0.15) is 6.10 Å².